The Kier molecular flexibility index (Phi) is 7.46. The number of halogens is 4. The minimum atomic E-state index is -4.82. The highest BCUT2D eigenvalue weighted by molar-refractivity contribution is 7.86. The number of benzene rings is 2. The fourth-order valence-electron chi connectivity index (χ4n) is 2.79. The SMILES string of the molecule is C[C@H](Cc1ccccc1)NC(=O)[C@@H](C)c1cc(OS(=O)(=O)CF)cc(C(F)(F)F)c1. The molecular formula is C20H21F4NO4S. The first-order valence-electron chi connectivity index (χ1n) is 8.96. The first-order valence-corrected chi connectivity index (χ1v) is 10.5. The molecule has 2 aromatic rings. The lowest BCUT2D eigenvalue weighted by Gasteiger charge is -2.19. The molecule has 2 aromatic carbocycles. The van der Waals surface area contributed by atoms with E-state index in [1.807, 2.05) is 30.3 Å². The van der Waals surface area contributed by atoms with Crippen molar-refractivity contribution in [2.75, 3.05) is 6.01 Å². The second-order valence-corrected chi connectivity index (χ2v) is 8.36. The average molecular weight is 447 g/mol. The second-order valence-electron chi connectivity index (χ2n) is 6.86. The number of hydrogen-bond acceptors (Lipinski definition) is 4. The fraction of sp³-hybridized carbons (Fsp3) is 0.350. The molecule has 0 aliphatic rings. The van der Waals surface area contributed by atoms with Crippen molar-refractivity contribution < 1.29 is 35.0 Å². The summed E-state index contributed by atoms with van der Waals surface area (Å²) in [6.07, 6.45) is -4.30. The molecule has 0 aromatic heterocycles. The smallest absolute Gasteiger partial charge is 0.381 e. The molecule has 0 unspecified atom stereocenters. The van der Waals surface area contributed by atoms with E-state index in [2.05, 4.69) is 9.50 Å². The third kappa shape index (κ3) is 6.72. The van der Waals surface area contributed by atoms with Gasteiger partial charge in [0.05, 0.1) is 11.5 Å². The molecular weight excluding hydrogens is 426 g/mol. The number of nitrogens with one attached hydrogen (secondary N) is 1. The van der Waals surface area contributed by atoms with Crippen LogP contribution < -0.4 is 9.50 Å². The van der Waals surface area contributed by atoms with Gasteiger partial charge < -0.3 is 9.50 Å². The molecule has 5 nitrogen and oxygen atoms in total. The Labute approximate surface area is 172 Å². The number of rotatable bonds is 8. The van der Waals surface area contributed by atoms with Gasteiger partial charge in [0, 0.05) is 6.04 Å². The number of carbonyl (C=O) groups excluding carboxylic acids is 1. The Bertz CT molecular complexity index is 978. The van der Waals surface area contributed by atoms with E-state index < -0.39 is 45.4 Å². The van der Waals surface area contributed by atoms with Crippen molar-refractivity contribution in [2.45, 2.75) is 38.4 Å². The quantitative estimate of drug-likeness (QED) is 0.487. The van der Waals surface area contributed by atoms with Gasteiger partial charge in [0.2, 0.25) is 11.9 Å². The minimum absolute atomic E-state index is 0.113. The molecule has 0 spiro atoms. The lowest BCUT2D eigenvalue weighted by molar-refractivity contribution is -0.137. The zero-order valence-electron chi connectivity index (χ0n) is 16.2. The van der Waals surface area contributed by atoms with E-state index in [1.54, 1.807) is 6.92 Å². The monoisotopic (exact) mass is 447 g/mol. The van der Waals surface area contributed by atoms with Crippen molar-refractivity contribution in [1.82, 2.24) is 5.32 Å². The number of amides is 1. The summed E-state index contributed by atoms with van der Waals surface area (Å²) in [5.41, 5.74) is -0.344. The molecule has 10 heteroatoms. The lowest BCUT2D eigenvalue weighted by atomic mass is 9.97. The van der Waals surface area contributed by atoms with Gasteiger partial charge in [0.25, 0.3) is 0 Å². The summed E-state index contributed by atoms with van der Waals surface area (Å²) in [6, 6.07) is 9.29. The van der Waals surface area contributed by atoms with Crippen LogP contribution in [-0.4, -0.2) is 26.4 Å². The van der Waals surface area contributed by atoms with Crippen LogP contribution >= 0.6 is 0 Å². The highest BCUT2D eigenvalue weighted by atomic mass is 32.2. The highest BCUT2D eigenvalue weighted by Crippen LogP contribution is 2.35. The van der Waals surface area contributed by atoms with Crippen LogP contribution in [0, 0.1) is 0 Å². The number of carbonyl (C=O) groups is 1. The van der Waals surface area contributed by atoms with E-state index >= 15 is 0 Å². The van der Waals surface area contributed by atoms with Crippen LogP contribution in [0.4, 0.5) is 17.6 Å². The third-order valence-corrected chi connectivity index (χ3v) is 4.99. The van der Waals surface area contributed by atoms with E-state index in [9.17, 15) is 30.8 Å². The summed E-state index contributed by atoms with van der Waals surface area (Å²) < 4.78 is 79.1. The summed E-state index contributed by atoms with van der Waals surface area (Å²) in [4.78, 5) is 12.5. The maximum Gasteiger partial charge on any atom is 0.416 e. The molecule has 0 saturated carbocycles. The first kappa shape index (κ1) is 23.7. The average Bonchev–Trinajstić information content (AvgIpc) is 2.66. The molecule has 0 bridgehead atoms. The van der Waals surface area contributed by atoms with Crippen molar-refractivity contribution in [2.24, 2.45) is 0 Å². The molecule has 0 fully saturated rings. The zero-order chi connectivity index (χ0) is 22.5. The molecule has 0 heterocycles. The lowest BCUT2D eigenvalue weighted by Crippen LogP contribution is -2.36. The molecule has 0 saturated heterocycles. The molecule has 2 rings (SSSR count). The van der Waals surface area contributed by atoms with Crippen LogP contribution in [0.5, 0.6) is 5.75 Å². The first-order chi connectivity index (χ1) is 13.9. The predicted molar refractivity (Wildman–Crippen MR) is 103 cm³/mol. The van der Waals surface area contributed by atoms with Crippen molar-refractivity contribution in [3.63, 3.8) is 0 Å². The molecule has 1 N–H and O–H groups in total. The van der Waals surface area contributed by atoms with Gasteiger partial charge in [-0.25, -0.2) is 4.39 Å². The summed E-state index contributed by atoms with van der Waals surface area (Å²) in [5.74, 6) is -2.30. The van der Waals surface area contributed by atoms with Crippen molar-refractivity contribution in [1.29, 1.82) is 0 Å². The van der Waals surface area contributed by atoms with Gasteiger partial charge in [0.1, 0.15) is 5.75 Å². The van der Waals surface area contributed by atoms with Crippen LogP contribution in [0.15, 0.2) is 48.5 Å². The minimum Gasteiger partial charge on any atom is -0.381 e. The highest BCUT2D eigenvalue weighted by Gasteiger charge is 2.33. The topological polar surface area (TPSA) is 72.5 Å². The van der Waals surface area contributed by atoms with Crippen LogP contribution in [0.2, 0.25) is 0 Å². The van der Waals surface area contributed by atoms with Crippen molar-refractivity contribution >= 4 is 16.0 Å². The summed E-state index contributed by atoms with van der Waals surface area (Å²) in [6.45, 7) is 3.14. The normalized spacial score (nSPS) is 14.1. The van der Waals surface area contributed by atoms with Gasteiger partial charge in [-0.2, -0.15) is 21.6 Å². The summed E-state index contributed by atoms with van der Waals surface area (Å²) in [7, 11) is -4.69. The standard InChI is InChI=1S/C20H21F4NO4S/c1-13(8-15-6-4-3-5-7-15)25-19(26)14(2)16-9-17(20(22,23)24)11-18(10-16)29-30(27,28)12-21/h3-7,9-11,13-14H,8,12H2,1-2H3,(H,25,26)/t13-,14+/m1/s1. The second kappa shape index (κ2) is 9.46. The third-order valence-electron chi connectivity index (χ3n) is 4.28. The molecule has 0 aliphatic carbocycles. The van der Waals surface area contributed by atoms with Crippen LogP contribution in [-0.2, 0) is 27.5 Å². The largest absolute Gasteiger partial charge is 0.416 e. The van der Waals surface area contributed by atoms with E-state index in [4.69, 9.17) is 0 Å². The maximum absolute atomic E-state index is 13.2. The van der Waals surface area contributed by atoms with Gasteiger partial charge in [-0.15, -0.1) is 0 Å². The van der Waals surface area contributed by atoms with Gasteiger partial charge in [-0.1, -0.05) is 30.3 Å². The Morgan fingerprint density at radius 2 is 1.73 bits per heavy atom. The number of alkyl halides is 4. The van der Waals surface area contributed by atoms with Gasteiger partial charge in [-0.3, -0.25) is 4.79 Å². The van der Waals surface area contributed by atoms with Gasteiger partial charge in [0.15, 0.2) is 0 Å². The fourth-order valence-corrected chi connectivity index (χ4v) is 3.22. The van der Waals surface area contributed by atoms with E-state index in [0.717, 1.165) is 17.7 Å². The molecule has 0 radical (unpaired) electrons. The molecule has 164 valence electrons. The Balaban J connectivity index is 2.23. The van der Waals surface area contributed by atoms with Gasteiger partial charge >= 0.3 is 16.3 Å². The van der Waals surface area contributed by atoms with Gasteiger partial charge in [-0.05, 0) is 49.6 Å². The predicted octanol–water partition coefficient (Wildman–Crippen LogP) is 4.19. The van der Waals surface area contributed by atoms with Crippen molar-refractivity contribution in [3.8, 4) is 5.75 Å². The summed E-state index contributed by atoms with van der Waals surface area (Å²) in [5, 5.41) is 2.72. The molecule has 30 heavy (non-hydrogen) atoms. The van der Waals surface area contributed by atoms with E-state index in [0.29, 0.717) is 12.5 Å². The van der Waals surface area contributed by atoms with E-state index in [-0.39, 0.29) is 11.6 Å². The van der Waals surface area contributed by atoms with Crippen LogP contribution in [0.1, 0.15) is 36.5 Å². The molecule has 2 atom stereocenters. The van der Waals surface area contributed by atoms with E-state index in [1.165, 1.54) is 6.92 Å². The zero-order valence-corrected chi connectivity index (χ0v) is 17.1. The Morgan fingerprint density at radius 3 is 2.30 bits per heavy atom. The molecule has 0 aliphatic heterocycles. The summed E-state index contributed by atoms with van der Waals surface area (Å²) >= 11 is 0. The van der Waals surface area contributed by atoms with Crippen molar-refractivity contribution in [3.05, 3.63) is 65.2 Å². The Hall–Kier alpha value is -2.62. The molecule has 1 amide bonds. The Morgan fingerprint density at radius 1 is 1.10 bits per heavy atom. The van der Waals surface area contributed by atoms with Crippen LogP contribution in [0.3, 0.4) is 0 Å². The number of hydrogen-bond donors (Lipinski definition) is 1. The van der Waals surface area contributed by atoms with Crippen LogP contribution in [0.25, 0.3) is 0 Å². The maximum atomic E-state index is 13.2.